The van der Waals surface area contributed by atoms with E-state index in [0.717, 1.165) is 0 Å². The topological polar surface area (TPSA) is 113 Å². The maximum atomic E-state index is 11.3. The van der Waals surface area contributed by atoms with Gasteiger partial charge in [-0.05, 0) is 6.42 Å². The van der Waals surface area contributed by atoms with Crippen LogP contribution in [0.4, 0.5) is 0 Å². The SMILES string of the molecule is COC(OCCCn1ccc(=O)[nH]c1=O)[P+](=O)[O-]. The summed E-state index contributed by atoms with van der Waals surface area (Å²) in [6.45, 7) is 0.426. The number of methoxy groups -OCH3 is 1. The summed E-state index contributed by atoms with van der Waals surface area (Å²) in [7, 11) is -1.58. The summed E-state index contributed by atoms with van der Waals surface area (Å²) >= 11 is 0. The van der Waals surface area contributed by atoms with Crippen molar-refractivity contribution in [1.82, 2.24) is 9.55 Å². The highest BCUT2D eigenvalue weighted by atomic mass is 31.1. The van der Waals surface area contributed by atoms with Gasteiger partial charge in [-0.25, -0.2) is 4.79 Å². The summed E-state index contributed by atoms with van der Waals surface area (Å²) in [5.41, 5.74) is -0.976. The second-order valence-electron chi connectivity index (χ2n) is 3.36. The minimum atomic E-state index is -2.81. The molecule has 1 heterocycles. The Labute approximate surface area is 103 Å². The molecule has 0 saturated carbocycles. The summed E-state index contributed by atoms with van der Waals surface area (Å²) in [5, 5.41) is 0. The molecule has 100 valence electrons. The van der Waals surface area contributed by atoms with E-state index in [4.69, 9.17) is 4.74 Å². The molecule has 1 aromatic heterocycles. The monoisotopic (exact) mass is 276 g/mol. The molecule has 1 N–H and O–H groups in total. The lowest BCUT2D eigenvalue weighted by molar-refractivity contribution is -0.193. The Morgan fingerprint density at radius 2 is 2.28 bits per heavy atom. The minimum Gasteiger partial charge on any atom is -0.591 e. The van der Waals surface area contributed by atoms with Gasteiger partial charge in [0.05, 0.1) is 6.61 Å². The second-order valence-corrected chi connectivity index (χ2v) is 4.35. The fourth-order valence-corrected chi connectivity index (χ4v) is 1.65. The van der Waals surface area contributed by atoms with Crippen LogP contribution in [-0.2, 0) is 20.6 Å². The Morgan fingerprint density at radius 3 is 2.83 bits per heavy atom. The summed E-state index contributed by atoms with van der Waals surface area (Å²) in [5.74, 6) is 0. The van der Waals surface area contributed by atoms with Crippen LogP contribution in [0, 0.1) is 0 Å². The molecule has 0 aromatic carbocycles. The Hall–Kier alpha value is -1.34. The van der Waals surface area contributed by atoms with Crippen LogP contribution in [0.5, 0.6) is 0 Å². The fourth-order valence-electron chi connectivity index (χ4n) is 1.25. The molecule has 0 bridgehead atoms. The first-order valence-corrected chi connectivity index (χ1v) is 6.37. The molecule has 0 aliphatic carbocycles. The van der Waals surface area contributed by atoms with Crippen molar-refractivity contribution in [2.24, 2.45) is 0 Å². The molecular formula is C9H13N2O6P. The zero-order valence-electron chi connectivity index (χ0n) is 9.70. The number of nitrogens with zero attached hydrogens (tertiary/aromatic N) is 1. The van der Waals surface area contributed by atoms with E-state index < -0.39 is 25.3 Å². The highest BCUT2D eigenvalue weighted by Crippen LogP contribution is 2.19. The Bertz CT molecular complexity index is 510. The highest BCUT2D eigenvalue weighted by molar-refractivity contribution is 7.36. The average Bonchev–Trinajstić information content (AvgIpc) is 2.31. The molecule has 0 saturated heterocycles. The van der Waals surface area contributed by atoms with Crippen LogP contribution in [0.15, 0.2) is 21.9 Å². The number of ether oxygens (including phenoxy) is 2. The normalized spacial score (nSPS) is 13.3. The van der Waals surface area contributed by atoms with E-state index >= 15 is 0 Å². The summed E-state index contributed by atoms with van der Waals surface area (Å²) in [6, 6.07) is -0.0401. The van der Waals surface area contributed by atoms with Gasteiger partial charge in [0.1, 0.15) is 0 Å². The molecule has 0 amide bonds. The fraction of sp³-hybridized carbons (Fsp3) is 0.556. The molecule has 2 atom stereocenters. The van der Waals surface area contributed by atoms with Gasteiger partial charge in [0.25, 0.3) is 5.56 Å². The lowest BCUT2D eigenvalue weighted by Gasteiger charge is -2.08. The third-order valence-corrected chi connectivity index (χ3v) is 2.78. The van der Waals surface area contributed by atoms with Gasteiger partial charge in [-0.1, -0.05) is 4.57 Å². The van der Waals surface area contributed by atoms with Gasteiger partial charge >= 0.3 is 19.7 Å². The van der Waals surface area contributed by atoms with Gasteiger partial charge in [0, 0.05) is 25.9 Å². The Morgan fingerprint density at radius 1 is 1.56 bits per heavy atom. The molecule has 0 spiro atoms. The number of nitrogens with one attached hydrogen (secondary N) is 1. The van der Waals surface area contributed by atoms with Crippen LogP contribution in [-0.4, -0.2) is 29.3 Å². The largest absolute Gasteiger partial charge is 0.591 e. The predicted octanol–water partition coefficient (Wildman–Crippen LogP) is -1.02. The van der Waals surface area contributed by atoms with Gasteiger partial charge in [0.15, 0.2) is 0 Å². The number of hydrogen-bond donors (Lipinski definition) is 1. The molecule has 0 radical (unpaired) electrons. The van der Waals surface area contributed by atoms with Crippen molar-refractivity contribution in [2.45, 2.75) is 19.0 Å². The number of aryl methyl sites for hydroxylation is 1. The first-order valence-electron chi connectivity index (χ1n) is 5.12. The first-order chi connectivity index (χ1) is 8.54. The van der Waals surface area contributed by atoms with Crippen molar-refractivity contribution < 1.29 is 18.9 Å². The summed E-state index contributed by atoms with van der Waals surface area (Å²) < 4.78 is 21.4. The van der Waals surface area contributed by atoms with E-state index in [0.29, 0.717) is 13.0 Å². The summed E-state index contributed by atoms with van der Waals surface area (Å²) in [4.78, 5) is 34.8. The molecule has 0 aliphatic heterocycles. The third kappa shape index (κ3) is 4.50. The van der Waals surface area contributed by atoms with Gasteiger partial charge in [-0.2, -0.15) is 0 Å². The molecule has 0 fully saturated rings. The van der Waals surface area contributed by atoms with Crippen molar-refractivity contribution in [3.63, 3.8) is 0 Å². The van der Waals surface area contributed by atoms with Crippen molar-refractivity contribution in [3.05, 3.63) is 33.1 Å². The standard InChI is InChI=1S/C9H13N2O6P/c1-16-9(18(14)15)17-6-2-4-11-5-3-7(12)10-8(11)13/h3,5,9H,2,4,6H2,1H3,(H,10,12,13). The van der Waals surface area contributed by atoms with Crippen molar-refractivity contribution in [1.29, 1.82) is 0 Å². The van der Waals surface area contributed by atoms with Gasteiger partial charge in [-0.3, -0.25) is 9.78 Å². The number of hydrogen-bond acceptors (Lipinski definition) is 6. The Kier molecular flexibility index (Phi) is 5.87. The smallest absolute Gasteiger partial charge is 0.373 e. The molecule has 1 rings (SSSR count). The molecule has 18 heavy (non-hydrogen) atoms. The van der Waals surface area contributed by atoms with Gasteiger partial charge in [-0.15, -0.1) is 0 Å². The zero-order chi connectivity index (χ0) is 13.5. The van der Waals surface area contributed by atoms with Crippen molar-refractivity contribution in [2.75, 3.05) is 13.7 Å². The third-order valence-electron chi connectivity index (χ3n) is 2.07. The number of aromatic amines is 1. The molecular weight excluding hydrogens is 263 g/mol. The van der Waals surface area contributed by atoms with E-state index in [2.05, 4.69) is 9.72 Å². The van der Waals surface area contributed by atoms with Gasteiger partial charge in [0.2, 0.25) is 0 Å². The predicted molar refractivity (Wildman–Crippen MR) is 60.3 cm³/mol. The van der Waals surface area contributed by atoms with Crippen LogP contribution in [0.3, 0.4) is 0 Å². The lowest BCUT2D eigenvalue weighted by atomic mass is 10.4. The first kappa shape index (κ1) is 14.7. The van der Waals surface area contributed by atoms with Crippen LogP contribution in [0.1, 0.15) is 6.42 Å². The molecule has 9 heteroatoms. The molecule has 8 nitrogen and oxygen atoms in total. The van der Waals surface area contributed by atoms with Crippen molar-refractivity contribution in [3.8, 4) is 0 Å². The van der Waals surface area contributed by atoms with Crippen LogP contribution >= 0.6 is 8.03 Å². The molecule has 2 unspecified atom stereocenters. The van der Waals surface area contributed by atoms with E-state index in [1.165, 1.54) is 23.9 Å². The van der Waals surface area contributed by atoms with E-state index in [1.54, 1.807) is 0 Å². The zero-order valence-corrected chi connectivity index (χ0v) is 10.6. The average molecular weight is 276 g/mol. The molecule has 1 aromatic rings. The van der Waals surface area contributed by atoms with Crippen LogP contribution in [0.2, 0.25) is 0 Å². The maximum Gasteiger partial charge on any atom is 0.373 e. The number of aromatic nitrogens is 2. The number of H-pyrrole nitrogens is 1. The summed E-state index contributed by atoms with van der Waals surface area (Å²) in [6.07, 6.45) is 1.78. The van der Waals surface area contributed by atoms with E-state index in [1.807, 2.05) is 0 Å². The van der Waals surface area contributed by atoms with E-state index in [9.17, 15) is 19.0 Å². The van der Waals surface area contributed by atoms with Gasteiger partial charge < -0.3 is 18.9 Å². The van der Waals surface area contributed by atoms with Crippen LogP contribution in [0.25, 0.3) is 0 Å². The molecule has 0 aliphatic rings. The maximum absolute atomic E-state index is 11.3. The minimum absolute atomic E-state index is 0.118. The second kappa shape index (κ2) is 7.17. The Balaban J connectivity index is 2.40. The van der Waals surface area contributed by atoms with Crippen LogP contribution < -0.4 is 16.1 Å². The highest BCUT2D eigenvalue weighted by Gasteiger charge is 2.20. The quantitative estimate of drug-likeness (QED) is 0.387. The lowest BCUT2D eigenvalue weighted by Crippen LogP contribution is -2.29. The number of rotatable bonds is 7. The van der Waals surface area contributed by atoms with Crippen molar-refractivity contribution >= 4 is 8.03 Å². The van der Waals surface area contributed by atoms with E-state index in [-0.39, 0.29) is 6.61 Å².